The molecule has 2 unspecified atom stereocenters. The maximum absolute atomic E-state index is 14.1. The molecule has 1 fully saturated rings. The summed E-state index contributed by atoms with van der Waals surface area (Å²) in [5.41, 5.74) is -0.716. The van der Waals surface area contributed by atoms with Crippen LogP contribution < -0.4 is 10.6 Å². The number of hydrogen-bond acceptors (Lipinski definition) is 5. The summed E-state index contributed by atoms with van der Waals surface area (Å²) in [6.07, 6.45) is -1.57. The zero-order valence-electron chi connectivity index (χ0n) is 22.8. The Morgan fingerprint density at radius 1 is 1.07 bits per heavy atom. The Balaban J connectivity index is 1.75. The number of carbonyl (C=O) groups excluding carboxylic acids is 2. The first kappa shape index (κ1) is 31.9. The summed E-state index contributed by atoms with van der Waals surface area (Å²) in [5.74, 6) is -1.07. The number of amides is 2. The van der Waals surface area contributed by atoms with Gasteiger partial charge in [-0.15, -0.1) is 0 Å². The number of nitrogens with one attached hydrogen (secondary N) is 2. The van der Waals surface area contributed by atoms with Gasteiger partial charge >= 0.3 is 6.18 Å². The van der Waals surface area contributed by atoms with Crippen molar-refractivity contribution in [3.05, 3.63) is 63.7 Å². The topological polar surface area (TPSA) is 95.6 Å². The van der Waals surface area contributed by atoms with E-state index >= 15 is 0 Å². The third-order valence-corrected chi connectivity index (χ3v) is 9.03. The van der Waals surface area contributed by atoms with Crippen molar-refractivity contribution in [2.75, 3.05) is 26.4 Å². The van der Waals surface area contributed by atoms with Crippen LogP contribution in [0.4, 0.5) is 13.2 Å². The molecule has 1 aliphatic carbocycles. The van der Waals surface area contributed by atoms with Gasteiger partial charge < -0.3 is 15.5 Å². The Labute approximate surface area is 238 Å². The van der Waals surface area contributed by atoms with Gasteiger partial charge in [-0.25, -0.2) is 8.42 Å². The van der Waals surface area contributed by atoms with Crippen molar-refractivity contribution in [3.63, 3.8) is 0 Å². The minimum Gasteiger partial charge on any atom is -0.352 e. The Hall–Kier alpha value is -2.63. The molecule has 0 aliphatic heterocycles. The van der Waals surface area contributed by atoms with Gasteiger partial charge in [0.05, 0.1) is 22.8 Å². The van der Waals surface area contributed by atoms with Crippen LogP contribution in [0, 0.1) is 5.92 Å². The average Bonchev–Trinajstić information content (AvgIpc) is 2.86. The second-order valence-electron chi connectivity index (χ2n) is 10.4. The standard InChI is InChI=1S/C28H35ClF3N3O4S/c1-4-40(38,39)25-11-10-22(29)14-21(25)16-33-27(37)20-9-8-19(24(15-20)28(30,31)32)12-18-6-5-7-23(13-18)34-26(36)17-35(2)3/h8-11,14-15,18,23H,4-7,12-13,16-17H2,1-3H3,(H,33,37)(H,34,36). The molecule has 7 nitrogen and oxygen atoms in total. The molecule has 0 spiro atoms. The average molecular weight is 602 g/mol. The van der Waals surface area contributed by atoms with Crippen LogP contribution in [0.25, 0.3) is 0 Å². The van der Waals surface area contributed by atoms with Crippen molar-refractivity contribution < 1.29 is 31.2 Å². The monoisotopic (exact) mass is 601 g/mol. The SMILES string of the molecule is CCS(=O)(=O)c1ccc(Cl)cc1CNC(=O)c1ccc(CC2CCCC(NC(=O)CN(C)C)C2)c(C(F)(F)F)c1. The molecule has 2 aromatic rings. The van der Waals surface area contributed by atoms with E-state index in [0.717, 1.165) is 25.3 Å². The maximum Gasteiger partial charge on any atom is 0.416 e. The summed E-state index contributed by atoms with van der Waals surface area (Å²) >= 11 is 6.01. The molecule has 40 heavy (non-hydrogen) atoms. The van der Waals surface area contributed by atoms with Crippen molar-refractivity contribution in [2.24, 2.45) is 5.92 Å². The zero-order valence-corrected chi connectivity index (χ0v) is 24.3. The first-order valence-corrected chi connectivity index (χ1v) is 15.2. The molecule has 0 heterocycles. The van der Waals surface area contributed by atoms with E-state index in [1.165, 1.54) is 37.3 Å². The van der Waals surface area contributed by atoms with Crippen molar-refractivity contribution in [3.8, 4) is 0 Å². The van der Waals surface area contributed by atoms with Crippen LogP contribution in [-0.2, 0) is 33.8 Å². The molecule has 1 saturated carbocycles. The number of sulfone groups is 1. The lowest BCUT2D eigenvalue weighted by atomic mass is 9.81. The van der Waals surface area contributed by atoms with Gasteiger partial charge in [0, 0.05) is 23.2 Å². The fourth-order valence-corrected chi connectivity index (χ4v) is 6.37. The third-order valence-electron chi connectivity index (χ3n) is 6.97. The fraction of sp³-hybridized carbons (Fsp3) is 0.500. The molecule has 2 amide bonds. The van der Waals surface area contributed by atoms with Gasteiger partial charge in [0.15, 0.2) is 9.84 Å². The van der Waals surface area contributed by atoms with Crippen molar-refractivity contribution >= 4 is 33.3 Å². The predicted molar refractivity (Wildman–Crippen MR) is 148 cm³/mol. The van der Waals surface area contributed by atoms with Crippen LogP contribution in [0.2, 0.25) is 5.02 Å². The Kier molecular flexibility index (Phi) is 10.6. The van der Waals surface area contributed by atoms with E-state index in [4.69, 9.17) is 11.6 Å². The van der Waals surface area contributed by atoms with Gasteiger partial charge in [-0.05, 0) is 87.2 Å². The highest BCUT2D eigenvalue weighted by molar-refractivity contribution is 7.91. The van der Waals surface area contributed by atoms with E-state index in [1.54, 1.807) is 19.0 Å². The van der Waals surface area contributed by atoms with Crippen LogP contribution >= 0.6 is 11.6 Å². The quantitative estimate of drug-likeness (QED) is 0.406. The first-order chi connectivity index (χ1) is 18.7. The van der Waals surface area contributed by atoms with Crippen molar-refractivity contribution in [1.82, 2.24) is 15.5 Å². The number of likely N-dealkylation sites (N-methyl/N-ethyl adjacent to an activating group) is 1. The van der Waals surface area contributed by atoms with E-state index in [1.807, 2.05) is 0 Å². The number of hydrogen-bond donors (Lipinski definition) is 2. The van der Waals surface area contributed by atoms with E-state index < -0.39 is 27.5 Å². The summed E-state index contributed by atoms with van der Waals surface area (Å²) in [6.45, 7) is 1.51. The lowest BCUT2D eigenvalue weighted by Crippen LogP contribution is -2.42. The van der Waals surface area contributed by atoms with Crippen LogP contribution in [0.15, 0.2) is 41.3 Å². The molecule has 1 aliphatic rings. The van der Waals surface area contributed by atoms with Gasteiger partial charge in [0.2, 0.25) is 5.91 Å². The van der Waals surface area contributed by atoms with Gasteiger partial charge in [-0.1, -0.05) is 31.0 Å². The lowest BCUT2D eigenvalue weighted by molar-refractivity contribution is -0.138. The van der Waals surface area contributed by atoms with Crippen LogP contribution in [-0.4, -0.2) is 57.6 Å². The summed E-state index contributed by atoms with van der Waals surface area (Å²) in [7, 11) is -0.0264. The van der Waals surface area contributed by atoms with Crippen LogP contribution in [0.3, 0.4) is 0 Å². The molecule has 220 valence electrons. The molecule has 12 heteroatoms. The number of benzene rings is 2. The Morgan fingerprint density at radius 3 is 2.45 bits per heavy atom. The number of alkyl halides is 3. The molecule has 0 aromatic heterocycles. The highest BCUT2D eigenvalue weighted by Crippen LogP contribution is 2.36. The van der Waals surface area contributed by atoms with Gasteiger partial charge in [-0.2, -0.15) is 13.2 Å². The molecule has 0 bridgehead atoms. The van der Waals surface area contributed by atoms with Crippen LogP contribution in [0.1, 0.15) is 59.7 Å². The molecule has 3 rings (SSSR count). The normalized spacial score (nSPS) is 18.0. The highest BCUT2D eigenvalue weighted by Gasteiger charge is 2.35. The summed E-state index contributed by atoms with van der Waals surface area (Å²) in [5, 5.41) is 5.77. The summed E-state index contributed by atoms with van der Waals surface area (Å²) in [4.78, 5) is 26.7. The second-order valence-corrected chi connectivity index (χ2v) is 13.1. The van der Waals surface area contributed by atoms with Crippen molar-refractivity contribution in [2.45, 2.75) is 62.7 Å². The van der Waals surface area contributed by atoms with E-state index in [9.17, 15) is 31.2 Å². The van der Waals surface area contributed by atoms with Gasteiger partial charge in [0.1, 0.15) is 0 Å². The molecular weight excluding hydrogens is 567 g/mol. The summed E-state index contributed by atoms with van der Waals surface area (Å²) < 4.78 is 67.0. The second kappa shape index (κ2) is 13.4. The maximum atomic E-state index is 14.1. The lowest BCUT2D eigenvalue weighted by Gasteiger charge is -2.31. The minimum absolute atomic E-state index is 0.00900. The van der Waals surface area contributed by atoms with Gasteiger partial charge in [-0.3, -0.25) is 9.59 Å². The largest absolute Gasteiger partial charge is 0.416 e. The first-order valence-electron chi connectivity index (χ1n) is 13.1. The number of halogens is 4. The van der Waals surface area contributed by atoms with Gasteiger partial charge in [0.25, 0.3) is 5.91 Å². The third kappa shape index (κ3) is 8.68. The Morgan fingerprint density at radius 2 is 1.80 bits per heavy atom. The summed E-state index contributed by atoms with van der Waals surface area (Å²) in [6, 6.07) is 7.62. The van der Waals surface area contributed by atoms with E-state index in [0.29, 0.717) is 6.42 Å². The van der Waals surface area contributed by atoms with Crippen molar-refractivity contribution in [1.29, 1.82) is 0 Å². The fourth-order valence-electron chi connectivity index (χ4n) is 5.06. The molecule has 0 radical (unpaired) electrons. The minimum atomic E-state index is -4.67. The number of carbonyl (C=O) groups is 2. The molecule has 2 atom stereocenters. The molecular formula is C28H35ClF3N3O4S. The molecule has 2 aromatic carbocycles. The van der Waals surface area contributed by atoms with E-state index in [2.05, 4.69) is 10.6 Å². The van der Waals surface area contributed by atoms with E-state index in [-0.39, 0.29) is 69.7 Å². The smallest absolute Gasteiger partial charge is 0.352 e. The number of nitrogens with zero attached hydrogens (tertiary/aromatic N) is 1. The molecule has 2 N–H and O–H groups in total. The Bertz CT molecular complexity index is 1330. The predicted octanol–water partition coefficient (Wildman–Crippen LogP) is 4.86. The highest BCUT2D eigenvalue weighted by atomic mass is 35.5. The molecule has 0 saturated heterocycles. The number of rotatable bonds is 10. The van der Waals surface area contributed by atoms with Crippen LogP contribution in [0.5, 0.6) is 0 Å². The zero-order chi connectivity index (χ0) is 29.7.